The molecule has 0 aromatic rings. The molecule has 0 aliphatic heterocycles. The van der Waals surface area contributed by atoms with E-state index in [9.17, 15) is 0 Å². The minimum Gasteiger partial charge on any atom is -0.396 e. The van der Waals surface area contributed by atoms with Crippen molar-refractivity contribution in [3.05, 3.63) is 0 Å². The Morgan fingerprint density at radius 2 is 1.64 bits per heavy atom. The van der Waals surface area contributed by atoms with Gasteiger partial charge in [-0.2, -0.15) is 0 Å². The molecule has 0 aromatic heterocycles. The topological polar surface area (TPSA) is 20.2 Å². The zero-order chi connectivity index (χ0) is 8.69. The summed E-state index contributed by atoms with van der Waals surface area (Å²) in [7, 11) is 0. The maximum absolute atomic E-state index is 8.76. The lowest BCUT2D eigenvalue weighted by molar-refractivity contribution is 0.225. The Morgan fingerprint density at radius 1 is 1.09 bits per heavy atom. The van der Waals surface area contributed by atoms with Gasteiger partial charge in [0.15, 0.2) is 0 Å². The molecule has 0 spiro atoms. The van der Waals surface area contributed by atoms with E-state index in [4.69, 9.17) is 5.11 Å². The molecule has 1 nitrogen and oxygen atoms in total. The maximum atomic E-state index is 8.76. The Bertz CT molecular complexity index is 70.9. The summed E-state index contributed by atoms with van der Waals surface area (Å²) in [5.74, 6) is 1.36. The summed E-state index contributed by atoms with van der Waals surface area (Å²) in [6.45, 7) is 6.99. The van der Waals surface area contributed by atoms with Crippen molar-refractivity contribution in [1.29, 1.82) is 0 Å². The number of hydrogen-bond acceptors (Lipinski definition) is 1. The molecule has 2 atom stereocenters. The molecule has 0 aromatic carbocycles. The summed E-state index contributed by atoms with van der Waals surface area (Å²) in [5, 5.41) is 8.76. The quantitative estimate of drug-likeness (QED) is 0.630. The largest absolute Gasteiger partial charge is 0.396 e. The molecule has 0 unspecified atom stereocenters. The second kappa shape index (κ2) is 6.66. The Hall–Kier alpha value is -0.0400. The average molecular weight is 158 g/mol. The highest BCUT2D eigenvalue weighted by atomic mass is 16.3. The van der Waals surface area contributed by atoms with Crippen LogP contribution in [0.4, 0.5) is 0 Å². The van der Waals surface area contributed by atoms with Crippen molar-refractivity contribution in [2.24, 2.45) is 11.8 Å². The van der Waals surface area contributed by atoms with Gasteiger partial charge in [-0.1, -0.05) is 40.0 Å². The summed E-state index contributed by atoms with van der Waals surface area (Å²) in [6, 6.07) is 0. The SMILES string of the molecule is CC[C@H](C)CCC[C@@H](C)CO. The number of aliphatic hydroxyl groups excluding tert-OH is 1. The minimum absolute atomic E-state index is 0.348. The fourth-order valence-electron chi connectivity index (χ4n) is 1.11. The van der Waals surface area contributed by atoms with Crippen LogP contribution in [0, 0.1) is 11.8 Å². The molecular weight excluding hydrogens is 136 g/mol. The van der Waals surface area contributed by atoms with E-state index in [0.717, 1.165) is 5.92 Å². The van der Waals surface area contributed by atoms with Crippen LogP contribution in [0.3, 0.4) is 0 Å². The van der Waals surface area contributed by atoms with Crippen molar-refractivity contribution >= 4 is 0 Å². The van der Waals surface area contributed by atoms with E-state index in [2.05, 4.69) is 20.8 Å². The van der Waals surface area contributed by atoms with E-state index in [1.54, 1.807) is 0 Å². The normalized spacial score (nSPS) is 16.4. The summed E-state index contributed by atoms with van der Waals surface area (Å²) < 4.78 is 0. The van der Waals surface area contributed by atoms with E-state index in [1.165, 1.54) is 25.7 Å². The highest BCUT2D eigenvalue weighted by molar-refractivity contribution is 4.54. The standard InChI is InChI=1S/C10H22O/c1-4-9(2)6-5-7-10(3)8-11/h9-11H,4-8H2,1-3H3/t9-,10+/m0/s1. The molecule has 1 N–H and O–H groups in total. The molecule has 0 heterocycles. The first-order valence-corrected chi connectivity index (χ1v) is 4.81. The van der Waals surface area contributed by atoms with Crippen LogP contribution in [-0.2, 0) is 0 Å². The van der Waals surface area contributed by atoms with Gasteiger partial charge in [-0.3, -0.25) is 0 Å². The van der Waals surface area contributed by atoms with Gasteiger partial charge in [-0.05, 0) is 18.3 Å². The van der Waals surface area contributed by atoms with Gasteiger partial charge in [0.2, 0.25) is 0 Å². The molecule has 0 amide bonds. The highest BCUT2D eigenvalue weighted by Gasteiger charge is 2.02. The van der Waals surface area contributed by atoms with Crippen LogP contribution in [0.1, 0.15) is 46.5 Å². The molecule has 0 rings (SSSR count). The van der Waals surface area contributed by atoms with Crippen LogP contribution in [0.5, 0.6) is 0 Å². The Labute approximate surface area is 70.8 Å². The summed E-state index contributed by atoms with van der Waals surface area (Å²) in [4.78, 5) is 0. The highest BCUT2D eigenvalue weighted by Crippen LogP contribution is 2.14. The van der Waals surface area contributed by atoms with Crippen LogP contribution in [0.2, 0.25) is 0 Å². The smallest absolute Gasteiger partial charge is 0.0456 e. The molecule has 0 fully saturated rings. The van der Waals surface area contributed by atoms with Crippen molar-refractivity contribution in [2.45, 2.75) is 46.5 Å². The molecule has 0 saturated carbocycles. The van der Waals surface area contributed by atoms with Gasteiger partial charge in [0.1, 0.15) is 0 Å². The van der Waals surface area contributed by atoms with Gasteiger partial charge in [0, 0.05) is 6.61 Å². The Morgan fingerprint density at radius 3 is 2.09 bits per heavy atom. The van der Waals surface area contributed by atoms with E-state index in [-0.39, 0.29) is 0 Å². The maximum Gasteiger partial charge on any atom is 0.0456 e. The van der Waals surface area contributed by atoms with Crippen LogP contribution in [-0.4, -0.2) is 11.7 Å². The summed E-state index contributed by atoms with van der Waals surface area (Å²) in [6.07, 6.45) is 5.06. The predicted molar refractivity (Wildman–Crippen MR) is 49.6 cm³/mol. The number of rotatable bonds is 6. The van der Waals surface area contributed by atoms with Crippen molar-refractivity contribution < 1.29 is 5.11 Å². The van der Waals surface area contributed by atoms with Crippen LogP contribution in [0.25, 0.3) is 0 Å². The Kier molecular flexibility index (Phi) is 6.63. The second-order valence-corrected chi connectivity index (χ2v) is 3.73. The van der Waals surface area contributed by atoms with Gasteiger partial charge in [-0.25, -0.2) is 0 Å². The minimum atomic E-state index is 0.348. The first kappa shape index (κ1) is 11.0. The first-order valence-electron chi connectivity index (χ1n) is 4.81. The second-order valence-electron chi connectivity index (χ2n) is 3.73. The summed E-state index contributed by atoms with van der Waals surface area (Å²) >= 11 is 0. The summed E-state index contributed by atoms with van der Waals surface area (Å²) in [5.41, 5.74) is 0. The molecule has 1 heteroatoms. The van der Waals surface area contributed by atoms with E-state index in [0.29, 0.717) is 12.5 Å². The van der Waals surface area contributed by atoms with Gasteiger partial charge < -0.3 is 5.11 Å². The number of aliphatic hydroxyl groups is 1. The third kappa shape index (κ3) is 6.36. The first-order chi connectivity index (χ1) is 5.20. The van der Waals surface area contributed by atoms with Crippen molar-refractivity contribution in [3.8, 4) is 0 Å². The third-order valence-electron chi connectivity index (χ3n) is 2.40. The fourth-order valence-corrected chi connectivity index (χ4v) is 1.11. The number of hydrogen-bond donors (Lipinski definition) is 1. The van der Waals surface area contributed by atoms with Crippen molar-refractivity contribution in [2.75, 3.05) is 6.61 Å². The molecule has 0 aliphatic carbocycles. The van der Waals surface area contributed by atoms with E-state index in [1.807, 2.05) is 0 Å². The zero-order valence-corrected chi connectivity index (χ0v) is 8.14. The lowest BCUT2D eigenvalue weighted by Crippen LogP contribution is -2.01. The molecule has 0 radical (unpaired) electrons. The zero-order valence-electron chi connectivity index (χ0n) is 8.14. The fraction of sp³-hybridized carbons (Fsp3) is 1.00. The van der Waals surface area contributed by atoms with Crippen molar-refractivity contribution in [3.63, 3.8) is 0 Å². The van der Waals surface area contributed by atoms with Crippen LogP contribution in [0.15, 0.2) is 0 Å². The molecule has 0 saturated heterocycles. The van der Waals surface area contributed by atoms with Gasteiger partial charge >= 0.3 is 0 Å². The average Bonchev–Trinajstić information content (AvgIpc) is 2.04. The lowest BCUT2D eigenvalue weighted by Gasteiger charge is -2.10. The van der Waals surface area contributed by atoms with Crippen molar-refractivity contribution in [1.82, 2.24) is 0 Å². The molecular formula is C10H22O. The molecule has 0 aliphatic rings. The predicted octanol–water partition coefficient (Wildman–Crippen LogP) is 2.83. The van der Waals surface area contributed by atoms with E-state index < -0.39 is 0 Å². The van der Waals surface area contributed by atoms with Crippen LogP contribution < -0.4 is 0 Å². The molecule has 0 bridgehead atoms. The monoisotopic (exact) mass is 158 g/mol. The van der Waals surface area contributed by atoms with E-state index >= 15 is 0 Å². The third-order valence-corrected chi connectivity index (χ3v) is 2.40. The Balaban J connectivity index is 3.13. The molecule has 11 heavy (non-hydrogen) atoms. The van der Waals surface area contributed by atoms with Gasteiger partial charge in [-0.15, -0.1) is 0 Å². The van der Waals surface area contributed by atoms with Crippen LogP contribution >= 0.6 is 0 Å². The van der Waals surface area contributed by atoms with Gasteiger partial charge in [0.05, 0.1) is 0 Å². The van der Waals surface area contributed by atoms with Gasteiger partial charge in [0.25, 0.3) is 0 Å². The lowest BCUT2D eigenvalue weighted by atomic mass is 9.98. The molecule has 68 valence electrons.